The highest BCUT2D eigenvalue weighted by molar-refractivity contribution is 7.16. The summed E-state index contributed by atoms with van der Waals surface area (Å²) in [5, 5.41) is 17.8. The van der Waals surface area contributed by atoms with Gasteiger partial charge < -0.3 is 0 Å². The molecule has 0 aliphatic carbocycles. The second kappa shape index (κ2) is 4.18. The van der Waals surface area contributed by atoms with Crippen LogP contribution in [0.1, 0.15) is 16.0 Å². The molecule has 0 bridgehead atoms. The van der Waals surface area contributed by atoms with Crippen LogP contribution in [-0.2, 0) is 0 Å². The molecule has 0 atom stereocenters. The summed E-state index contributed by atoms with van der Waals surface area (Å²) in [5.41, 5.74) is 2.66. The number of rotatable bonds is 1. The Kier molecular flexibility index (Phi) is 2.72. The largest absolute Gasteiger partial charge is 0.192 e. The monoisotopic (exact) mass is 224 g/mol. The lowest BCUT2D eigenvalue weighted by Gasteiger charge is -2.04. The zero-order chi connectivity index (χ0) is 11.5. The molecule has 2 rings (SSSR count). The quantitative estimate of drug-likeness (QED) is 0.744. The van der Waals surface area contributed by atoms with Crippen LogP contribution in [0.15, 0.2) is 30.3 Å². The molecule has 0 fully saturated rings. The van der Waals surface area contributed by atoms with Crippen molar-refractivity contribution < 1.29 is 0 Å². The molecule has 0 amide bonds. The van der Waals surface area contributed by atoms with Crippen LogP contribution in [0.3, 0.4) is 0 Å². The summed E-state index contributed by atoms with van der Waals surface area (Å²) in [5.74, 6) is 0. The van der Waals surface area contributed by atoms with Gasteiger partial charge in [-0.15, -0.1) is 11.3 Å². The number of aryl methyl sites for hydroxylation is 1. The lowest BCUT2D eigenvalue weighted by Crippen LogP contribution is -1.85. The second-order valence-corrected chi connectivity index (χ2v) is 4.47. The maximum Gasteiger partial charge on any atom is 0.110 e. The minimum Gasteiger partial charge on any atom is -0.192 e. The molecule has 0 aliphatic rings. The molecule has 76 valence electrons. The Hall–Kier alpha value is -2.10. The number of thiophene rings is 1. The number of nitriles is 2. The van der Waals surface area contributed by atoms with Crippen molar-refractivity contribution in [3.8, 4) is 22.6 Å². The first kappa shape index (κ1) is 10.4. The molecule has 1 aromatic carbocycles. The fraction of sp³-hybridized carbons (Fsp3) is 0.0769. The Morgan fingerprint density at radius 2 is 1.88 bits per heavy atom. The van der Waals surface area contributed by atoms with Crippen molar-refractivity contribution in [1.82, 2.24) is 0 Å². The summed E-state index contributed by atoms with van der Waals surface area (Å²) >= 11 is 1.42. The normalized spacial score (nSPS) is 9.44. The third kappa shape index (κ3) is 1.69. The van der Waals surface area contributed by atoms with E-state index < -0.39 is 0 Å². The number of hydrogen-bond donors (Lipinski definition) is 0. The highest BCUT2D eigenvalue weighted by Crippen LogP contribution is 2.32. The van der Waals surface area contributed by atoms with E-state index in [0.29, 0.717) is 10.4 Å². The Morgan fingerprint density at radius 3 is 2.50 bits per heavy atom. The third-order valence-electron chi connectivity index (χ3n) is 2.36. The van der Waals surface area contributed by atoms with E-state index in [1.54, 1.807) is 12.1 Å². The Bertz CT molecular complexity index is 612. The van der Waals surface area contributed by atoms with E-state index in [-0.39, 0.29) is 0 Å². The maximum absolute atomic E-state index is 9.06. The molecule has 0 N–H and O–H groups in total. The first-order valence-corrected chi connectivity index (χ1v) is 5.58. The zero-order valence-electron chi connectivity index (χ0n) is 8.69. The highest BCUT2D eigenvalue weighted by atomic mass is 32.1. The molecule has 0 unspecified atom stereocenters. The van der Waals surface area contributed by atoms with Gasteiger partial charge in [0.25, 0.3) is 0 Å². The number of nitrogens with zero attached hydrogens (tertiary/aromatic N) is 2. The van der Waals surface area contributed by atoms with Gasteiger partial charge in [-0.05, 0) is 30.7 Å². The molecular weight excluding hydrogens is 216 g/mol. The van der Waals surface area contributed by atoms with Gasteiger partial charge in [0.2, 0.25) is 0 Å². The smallest absolute Gasteiger partial charge is 0.110 e. The third-order valence-corrected chi connectivity index (χ3v) is 3.36. The molecule has 0 radical (unpaired) electrons. The van der Waals surface area contributed by atoms with Crippen molar-refractivity contribution in [2.45, 2.75) is 6.92 Å². The summed E-state index contributed by atoms with van der Waals surface area (Å²) in [6.07, 6.45) is 0. The topological polar surface area (TPSA) is 47.6 Å². The summed E-state index contributed by atoms with van der Waals surface area (Å²) in [4.78, 5) is 1.65. The summed E-state index contributed by atoms with van der Waals surface area (Å²) in [6.45, 7) is 1.97. The molecule has 1 aromatic heterocycles. The molecule has 2 aromatic rings. The average molecular weight is 224 g/mol. The highest BCUT2D eigenvalue weighted by Gasteiger charge is 2.10. The van der Waals surface area contributed by atoms with E-state index in [1.807, 2.05) is 25.1 Å². The van der Waals surface area contributed by atoms with E-state index >= 15 is 0 Å². The van der Waals surface area contributed by atoms with Crippen molar-refractivity contribution in [3.05, 3.63) is 46.3 Å². The van der Waals surface area contributed by atoms with Crippen LogP contribution in [0, 0.1) is 29.6 Å². The average Bonchev–Trinajstić information content (AvgIpc) is 2.76. The van der Waals surface area contributed by atoms with Gasteiger partial charge >= 0.3 is 0 Å². The molecule has 2 nitrogen and oxygen atoms in total. The zero-order valence-corrected chi connectivity index (χ0v) is 9.51. The van der Waals surface area contributed by atoms with Crippen molar-refractivity contribution in [2.75, 3.05) is 0 Å². The van der Waals surface area contributed by atoms with Gasteiger partial charge in [-0.25, -0.2) is 0 Å². The van der Waals surface area contributed by atoms with E-state index in [4.69, 9.17) is 10.5 Å². The van der Waals surface area contributed by atoms with Gasteiger partial charge in [0.1, 0.15) is 10.9 Å². The van der Waals surface area contributed by atoms with E-state index in [1.165, 1.54) is 11.3 Å². The Morgan fingerprint density at radius 1 is 1.06 bits per heavy atom. The van der Waals surface area contributed by atoms with Crippen LogP contribution < -0.4 is 0 Å². The Balaban J connectivity index is 2.65. The van der Waals surface area contributed by atoms with Crippen molar-refractivity contribution >= 4 is 11.3 Å². The van der Waals surface area contributed by atoms with Crippen LogP contribution in [0.4, 0.5) is 0 Å². The molecule has 1 heterocycles. The number of hydrogen-bond acceptors (Lipinski definition) is 3. The fourth-order valence-electron chi connectivity index (χ4n) is 1.62. The van der Waals surface area contributed by atoms with Crippen LogP contribution >= 0.6 is 11.3 Å². The van der Waals surface area contributed by atoms with E-state index in [0.717, 1.165) is 16.0 Å². The van der Waals surface area contributed by atoms with Crippen LogP contribution in [0.5, 0.6) is 0 Å². The predicted octanol–water partition coefficient (Wildman–Crippen LogP) is 3.47. The molecular formula is C13H8N2S. The van der Waals surface area contributed by atoms with Crippen molar-refractivity contribution in [1.29, 1.82) is 10.5 Å². The van der Waals surface area contributed by atoms with Crippen LogP contribution in [-0.4, -0.2) is 0 Å². The van der Waals surface area contributed by atoms with Gasteiger partial charge in [0, 0.05) is 10.4 Å². The van der Waals surface area contributed by atoms with Crippen molar-refractivity contribution in [2.24, 2.45) is 0 Å². The molecule has 3 heteroatoms. The van der Waals surface area contributed by atoms with E-state index in [2.05, 4.69) is 12.1 Å². The van der Waals surface area contributed by atoms with Gasteiger partial charge in [-0.3, -0.25) is 0 Å². The standard InChI is InChI=1S/C13H8N2S/c1-9-3-2-4-10(7-14)13(9)12-6-5-11(8-15)16-12/h2-6H,1H3. The predicted molar refractivity (Wildman–Crippen MR) is 63.9 cm³/mol. The Labute approximate surface area is 98.0 Å². The van der Waals surface area contributed by atoms with Gasteiger partial charge in [-0.2, -0.15) is 10.5 Å². The molecule has 16 heavy (non-hydrogen) atoms. The molecule has 0 spiro atoms. The van der Waals surface area contributed by atoms with Crippen LogP contribution in [0.2, 0.25) is 0 Å². The molecule has 0 saturated heterocycles. The van der Waals surface area contributed by atoms with Gasteiger partial charge in [-0.1, -0.05) is 12.1 Å². The fourth-order valence-corrected chi connectivity index (χ4v) is 2.55. The van der Waals surface area contributed by atoms with Crippen molar-refractivity contribution in [3.63, 3.8) is 0 Å². The minimum absolute atomic E-state index is 0.659. The van der Waals surface area contributed by atoms with E-state index in [9.17, 15) is 0 Å². The lowest BCUT2D eigenvalue weighted by atomic mass is 10.0. The SMILES string of the molecule is Cc1cccc(C#N)c1-c1ccc(C#N)s1. The molecule has 0 saturated carbocycles. The summed E-state index contributed by atoms with van der Waals surface area (Å²) < 4.78 is 0. The minimum atomic E-state index is 0.659. The van der Waals surface area contributed by atoms with Gasteiger partial charge in [0.15, 0.2) is 0 Å². The second-order valence-electron chi connectivity index (χ2n) is 3.38. The first-order chi connectivity index (χ1) is 7.76. The maximum atomic E-state index is 9.06. The first-order valence-electron chi connectivity index (χ1n) is 4.76. The number of benzene rings is 1. The van der Waals surface area contributed by atoms with Gasteiger partial charge in [0.05, 0.1) is 11.6 Å². The summed E-state index contributed by atoms with van der Waals surface area (Å²) in [7, 11) is 0. The summed E-state index contributed by atoms with van der Waals surface area (Å²) in [6, 6.07) is 13.6. The van der Waals surface area contributed by atoms with Crippen LogP contribution in [0.25, 0.3) is 10.4 Å². The lowest BCUT2D eigenvalue weighted by molar-refractivity contribution is 1.43. The molecule has 0 aliphatic heterocycles.